The second kappa shape index (κ2) is 5.25. The first-order valence-electron chi connectivity index (χ1n) is 9.68. The number of hydrogen-bond donors (Lipinski definition) is 0. The Hall–Kier alpha value is -0.490. The Morgan fingerprint density at radius 1 is 1.26 bits per heavy atom. The van der Waals surface area contributed by atoms with Gasteiger partial charge in [-0.25, -0.2) is 0 Å². The fraction of sp³-hybridized carbons (Fsp3) is 0.727. The third kappa shape index (κ3) is 2.03. The van der Waals surface area contributed by atoms with Crippen molar-refractivity contribution in [2.45, 2.75) is 65.7 Å². The molecule has 0 nitrogen and oxygen atoms in total. The quantitative estimate of drug-likeness (QED) is 0.460. The molecule has 0 radical (unpaired) electrons. The highest BCUT2D eigenvalue weighted by Gasteiger charge is 2.58. The maximum absolute atomic E-state index is 6.81. The molecule has 0 amide bonds. The lowest BCUT2D eigenvalue weighted by molar-refractivity contribution is -0.0149. The molecule has 0 saturated heterocycles. The van der Waals surface area contributed by atoms with Crippen LogP contribution < -0.4 is 0 Å². The number of rotatable bonds is 1. The third-order valence-electron chi connectivity index (χ3n) is 8.23. The summed E-state index contributed by atoms with van der Waals surface area (Å²) < 4.78 is 0. The molecule has 6 atom stereocenters. The predicted octanol–water partition coefficient (Wildman–Crippen LogP) is 6.87. The average Bonchev–Trinajstić information content (AvgIpc) is 2.77. The van der Waals surface area contributed by atoms with E-state index >= 15 is 0 Å². The van der Waals surface area contributed by atoms with E-state index in [0.29, 0.717) is 16.7 Å². The summed E-state index contributed by atoms with van der Waals surface area (Å²) in [6.07, 6.45) is 14.0. The molecule has 0 aromatic carbocycles. The Morgan fingerprint density at radius 3 is 2.78 bits per heavy atom. The topological polar surface area (TPSA) is 0 Å². The van der Waals surface area contributed by atoms with Gasteiger partial charge in [-0.05, 0) is 85.0 Å². The molecule has 4 aliphatic carbocycles. The van der Waals surface area contributed by atoms with E-state index < -0.39 is 0 Å². The molecule has 2 saturated carbocycles. The van der Waals surface area contributed by atoms with Gasteiger partial charge in [-0.3, -0.25) is 0 Å². The molecule has 0 N–H and O–H groups in total. The van der Waals surface area contributed by atoms with Gasteiger partial charge in [0.1, 0.15) is 0 Å². The lowest BCUT2D eigenvalue weighted by Crippen LogP contribution is -2.49. The van der Waals surface area contributed by atoms with Gasteiger partial charge in [0, 0.05) is 5.03 Å². The normalized spacial score (nSPS) is 49.0. The summed E-state index contributed by atoms with van der Waals surface area (Å²) in [5.41, 5.74) is 3.76. The molecule has 126 valence electrons. The fourth-order valence-corrected chi connectivity index (χ4v) is 7.52. The molecule has 0 aromatic rings. The molecule has 1 heteroatoms. The van der Waals surface area contributed by atoms with Crippen molar-refractivity contribution >= 4 is 11.6 Å². The van der Waals surface area contributed by atoms with Crippen molar-refractivity contribution in [2.75, 3.05) is 0 Å². The smallest absolute Gasteiger partial charge is 0.0403 e. The maximum atomic E-state index is 6.81. The van der Waals surface area contributed by atoms with Crippen molar-refractivity contribution < 1.29 is 0 Å². The minimum atomic E-state index is 0.321. The van der Waals surface area contributed by atoms with Crippen LogP contribution in [0.25, 0.3) is 0 Å². The molecule has 0 aliphatic heterocycles. The first kappa shape index (κ1) is 16.0. The van der Waals surface area contributed by atoms with Crippen LogP contribution in [0.15, 0.2) is 34.9 Å². The summed E-state index contributed by atoms with van der Waals surface area (Å²) in [6.45, 7) is 11.9. The van der Waals surface area contributed by atoms with Crippen molar-refractivity contribution in [3.05, 3.63) is 34.9 Å². The monoisotopic (exact) mass is 330 g/mol. The van der Waals surface area contributed by atoms with Crippen molar-refractivity contribution in [1.82, 2.24) is 0 Å². The second-order valence-corrected chi connectivity index (χ2v) is 9.51. The van der Waals surface area contributed by atoms with Crippen LogP contribution in [0, 0.1) is 34.5 Å². The Balaban J connectivity index is 1.78. The molecule has 0 heterocycles. The largest absolute Gasteiger partial charge is 0.0995 e. The summed E-state index contributed by atoms with van der Waals surface area (Å²) in [7, 11) is 0. The van der Waals surface area contributed by atoms with Crippen molar-refractivity contribution in [2.24, 2.45) is 34.5 Å². The second-order valence-electron chi connectivity index (χ2n) is 9.10. The molecular formula is C22H31Cl. The Bertz CT molecular complexity index is 597. The van der Waals surface area contributed by atoms with Crippen molar-refractivity contribution in [1.29, 1.82) is 0 Å². The number of halogens is 1. The Kier molecular flexibility index (Phi) is 3.65. The summed E-state index contributed by atoms with van der Waals surface area (Å²) >= 11 is 6.81. The highest BCUT2D eigenvalue weighted by molar-refractivity contribution is 6.32. The summed E-state index contributed by atoms with van der Waals surface area (Å²) in [6, 6.07) is 0. The lowest BCUT2D eigenvalue weighted by atomic mass is 9.48. The van der Waals surface area contributed by atoms with Gasteiger partial charge in [0.05, 0.1) is 0 Å². The van der Waals surface area contributed by atoms with Gasteiger partial charge in [0.25, 0.3) is 0 Å². The highest BCUT2D eigenvalue weighted by Crippen LogP contribution is 2.67. The van der Waals surface area contributed by atoms with E-state index in [1.165, 1.54) is 56.1 Å². The standard InChI is InChI=1S/C22H31Cl/c1-5-16-14(2)12-19-15-13-20(23)18-8-6-7-10-21(18,3)17(15)9-11-22(16,19)4/h8,13,15-17,19H,2,5-7,9-12H2,1,3-4H3/t15-,16+,17+,19+,21-,22-/m1/s1. The molecule has 4 rings (SSSR count). The zero-order valence-corrected chi connectivity index (χ0v) is 15.8. The summed E-state index contributed by atoms with van der Waals surface area (Å²) in [4.78, 5) is 0. The van der Waals surface area contributed by atoms with Crippen LogP contribution >= 0.6 is 11.6 Å². The molecular weight excluding hydrogens is 300 g/mol. The molecule has 0 spiro atoms. The fourth-order valence-electron chi connectivity index (χ4n) is 7.09. The summed E-state index contributed by atoms with van der Waals surface area (Å²) in [5, 5.41) is 1.07. The van der Waals surface area contributed by atoms with Crippen molar-refractivity contribution in [3.8, 4) is 0 Å². The van der Waals surface area contributed by atoms with Crippen molar-refractivity contribution in [3.63, 3.8) is 0 Å². The zero-order chi connectivity index (χ0) is 16.4. The maximum Gasteiger partial charge on any atom is 0.0403 e. The number of fused-ring (bicyclic) bond motifs is 5. The van der Waals surface area contributed by atoms with Crippen LogP contribution in [0.1, 0.15) is 65.7 Å². The third-order valence-corrected chi connectivity index (χ3v) is 8.56. The zero-order valence-electron chi connectivity index (χ0n) is 15.0. The van der Waals surface area contributed by atoms with E-state index in [2.05, 4.69) is 39.5 Å². The Labute approximate surface area is 147 Å². The van der Waals surface area contributed by atoms with E-state index in [-0.39, 0.29) is 0 Å². The van der Waals surface area contributed by atoms with Gasteiger partial charge in [-0.2, -0.15) is 0 Å². The summed E-state index contributed by atoms with van der Waals surface area (Å²) in [5.74, 6) is 2.93. The van der Waals surface area contributed by atoms with Gasteiger partial charge < -0.3 is 0 Å². The van der Waals surface area contributed by atoms with E-state index in [1.54, 1.807) is 0 Å². The van der Waals surface area contributed by atoms with Gasteiger partial charge >= 0.3 is 0 Å². The van der Waals surface area contributed by atoms with Crippen LogP contribution in [-0.2, 0) is 0 Å². The minimum absolute atomic E-state index is 0.321. The van der Waals surface area contributed by atoms with Gasteiger partial charge in [-0.1, -0.05) is 56.7 Å². The van der Waals surface area contributed by atoms with Gasteiger partial charge in [0.2, 0.25) is 0 Å². The molecule has 0 aromatic heterocycles. The first-order valence-corrected chi connectivity index (χ1v) is 10.1. The van der Waals surface area contributed by atoms with E-state index in [9.17, 15) is 0 Å². The first-order chi connectivity index (χ1) is 10.9. The van der Waals surface area contributed by atoms with Gasteiger partial charge in [-0.15, -0.1) is 0 Å². The van der Waals surface area contributed by atoms with Crippen LogP contribution in [-0.4, -0.2) is 0 Å². The number of hydrogen-bond acceptors (Lipinski definition) is 0. The van der Waals surface area contributed by atoms with Crippen LogP contribution in [0.5, 0.6) is 0 Å². The minimum Gasteiger partial charge on any atom is -0.0995 e. The molecule has 0 bridgehead atoms. The van der Waals surface area contributed by atoms with E-state index in [1.807, 2.05) is 0 Å². The van der Waals surface area contributed by atoms with Crippen LogP contribution in [0.4, 0.5) is 0 Å². The predicted molar refractivity (Wildman–Crippen MR) is 99.3 cm³/mol. The van der Waals surface area contributed by atoms with E-state index in [0.717, 1.165) is 22.8 Å². The van der Waals surface area contributed by atoms with E-state index in [4.69, 9.17) is 11.6 Å². The number of allylic oxidation sites excluding steroid dienone is 5. The van der Waals surface area contributed by atoms with Crippen LogP contribution in [0.3, 0.4) is 0 Å². The lowest BCUT2D eigenvalue weighted by Gasteiger charge is -2.56. The highest BCUT2D eigenvalue weighted by atomic mass is 35.5. The molecule has 23 heavy (non-hydrogen) atoms. The Morgan fingerprint density at radius 2 is 2.04 bits per heavy atom. The molecule has 0 unspecified atom stereocenters. The molecule has 4 aliphatic rings. The average molecular weight is 331 g/mol. The molecule has 2 fully saturated rings. The van der Waals surface area contributed by atoms with Gasteiger partial charge in [0.15, 0.2) is 0 Å². The SMILES string of the molecule is C=C1C[C@H]2[C@@H]3C=C(Cl)C4=CCCC[C@]4(C)[C@H]3CC[C@]2(C)[C@H]1CC. The van der Waals surface area contributed by atoms with Crippen LogP contribution in [0.2, 0.25) is 0 Å².